The molecule has 1 atom stereocenters. The highest BCUT2D eigenvalue weighted by Gasteiger charge is 2.47. The highest BCUT2D eigenvalue weighted by atomic mass is 19.3. The number of rotatable bonds is 18. The molecule has 3 N–H and O–H groups in total. The first kappa shape index (κ1) is 42.1. The van der Waals surface area contributed by atoms with Crippen molar-refractivity contribution >= 4 is 40.6 Å². The third-order valence-corrected chi connectivity index (χ3v) is 10.0. The lowest BCUT2D eigenvalue weighted by atomic mass is 10.1. The number of hydrogen-bond acceptors (Lipinski definition) is 12. The summed E-state index contributed by atoms with van der Waals surface area (Å²) in [6.07, 6.45) is 7.41. The number of likely N-dealkylation sites (tertiary alicyclic amines) is 1. The fourth-order valence-electron chi connectivity index (χ4n) is 7.08. The second-order valence-electron chi connectivity index (χ2n) is 14.2. The number of nitrogens with one attached hydrogen (secondary N) is 1. The number of carboxylic acid groups (broad SMARTS) is 2. The number of fused-ring (bicyclic) bond motifs is 1. The van der Waals surface area contributed by atoms with Crippen LogP contribution in [-0.2, 0) is 45.4 Å². The smallest absolute Gasteiger partial charge is 0.323 e. The van der Waals surface area contributed by atoms with E-state index in [9.17, 15) is 48.2 Å². The van der Waals surface area contributed by atoms with Crippen molar-refractivity contribution in [2.45, 2.75) is 51.0 Å². The summed E-state index contributed by atoms with van der Waals surface area (Å²) in [5.74, 6) is -5.43. The second kappa shape index (κ2) is 18.8. The number of piperazine rings is 1. The molecule has 2 aliphatic heterocycles. The van der Waals surface area contributed by atoms with E-state index in [2.05, 4.69) is 25.2 Å². The molecule has 1 unspecified atom stereocenters. The van der Waals surface area contributed by atoms with E-state index in [1.165, 1.54) is 33.8 Å². The van der Waals surface area contributed by atoms with E-state index in [0.717, 1.165) is 4.90 Å². The molecule has 3 amide bonds. The number of pyridine rings is 1. The number of amides is 3. The largest absolute Gasteiger partial charge is 0.494 e. The molecule has 1 aromatic carbocycles. The summed E-state index contributed by atoms with van der Waals surface area (Å²) in [6.45, 7) is 1.44. The molecular formula is C38H43F2N11O8. The Bertz CT molecular complexity index is 2160. The summed E-state index contributed by atoms with van der Waals surface area (Å²) in [6, 6.07) is 7.01. The lowest BCUT2D eigenvalue weighted by Crippen LogP contribution is -2.51. The molecule has 2 aliphatic rings. The van der Waals surface area contributed by atoms with Gasteiger partial charge in [-0.1, -0.05) is 0 Å². The maximum atomic E-state index is 13.8. The molecule has 0 radical (unpaired) electrons. The molecule has 5 heterocycles. The Hall–Kier alpha value is -6.53. The number of carbonyl (C=O) groups is 5. The van der Waals surface area contributed by atoms with Crippen LogP contribution in [0.15, 0.2) is 55.2 Å². The number of alkyl halides is 2. The van der Waals surface area contributed by atoms with E-state index in [1.54, 1.807) is 46.5 Å². The van der Waals surface area contributed by atoms with Crippen LogP contribution in [0.2, 0.25) is 0 Å². The molecular weight excluding hydrogens is 776 g/mol. The Morgan fingerprint density at radius 3 is 2.20 bits per heavy atom. The topological polar surface area (TPSA) is 232 Å². The highest BCUT2D eigenvalue weighted by Crippen LogP contribution is 2.31. The van der Waals surface area contributed by atoms with E-state index in [-0.39, 0.29) is 44.2 Å². The summed E-state index contributed by atoms with van der Waals surface area (Å²) in [5.41, 5.74) is 0.714. The molecule has 312 valence electrons. The van der Waals surface area contributed by atoms with Gasteiger partial charge in [0, 0.05) is 75.5 Å². The van der Waals surface area contributed by atoms with Gasteiger partial charge in [-0.25, -0.2) is 18.7 Å². The SMILES string of the molecule is N#CC1CC(F)(F)CN1C(=O)CNC(=O)c1ccnc2ccc(OCCCN3CCN(C(=O)CN(Cc4nccn4CC(=O)O)Cc4nccn4CC(=O)O)CC3)cc12. The van der Waals surface area contributed by atoms with E-state index in [1.807, 2.05) is 0 Å². The van der Waals surface area contributed by atoms with Crippen LogP contribution in [0.1, 0.15) is 34.8 Å². The Labute approximate surface area is 336 Å². The number of nitriles is 1. The lowest BCUT2D eigenvalue weighted by Gasteiger charge is -2.35. The Kier molecular flexibility index (Phi) is 13.4. The van der Waals surface area contributed by atoms with Gasteiger partial charge in [-0.05, 0) is 30.7 Å². The number of carboxylic acids is 2. The molecule has 0 aliphatic carbocycles. The third-order valence-electron chi connectivity index (χ3n) is 10.0. The van der Waals surface area contributed by atoms with E-state index in [0.29, 0.717) is 74.1 Å². The fourth-order valence-corrected chi connectivity index (χ4v) is 7.08. The number of aromatic nitrogens is 5. The third kappa shape index (κ3) is 11.1. The minimum absolute atomic E-state index is 0.0284. The normalized spacial score (nSPS) is 16.6. The van der Waals surface area contributed by atoms with E-state index in [4.69, 9.17) is 4.74 Å². The zero-order valence-corrected chi connectivity index (χ0v) is 32.0. The van der Waals surface area contributed by atoms with Crippen LogP contribution in [0.25, 0.3) is 10.9 Å². The van der Waals surface area contributed by atoms with Crippen molar-refractivity contribution in [2.75, 3.05) is 59.0 Å². The zero-order chi connectivity index (χ0) is 42.1. The molecule has 6 rings (SSSR count). The van der Waals surface area contributed by atoms with Gasteiger partial charge in [-0.3, -0.25) is 38.8 Å². The summed E-state index contributed by atoms with van der Waals surface area (Å²) in [5, 5.41) is 30.8. The van der Waals surface area contributed by atoms with Gasteiger partial charge in [0.05, 0.1) is 56.5 Å². The lowest BCUT2D eigenvalue weighted by molar-refractivity contribution is -0.138. The number of carbonyl (C=O) groups excluding carboxylic acids is 3. The van der Waals surface area contributed by atoms with Crippen molar-refractivity contribution < 1.29 is 47.7 Å². The van der Waals surface area contributed by atoms with Crippen molar-refractivity contribution in [3.05, 3.63) is 72.5 Å². The van der Waals surface area contributed by atoms with Crippen molar-refractivity contribution in [1.82, 2.24) is 49.0 Å². The molecule has 0 spiro atoms. The Morgan fingerprint density at radius 2 is 1.58 bits per heavy atom. The number of benzene rings is 1. The molecule has 21 heteroatoms. The van der Waals surface area contributed by atoms with Crippen LogP contribution >= 0.6 is 0 Å². The molecule has 3 aromatic heterocycles. The monoisotopic (exact) mass is 819 g/mol. The van der Waals surface area contributed by atoms with Crippen LogP contribution in [0, 0.1) is 11.3 Å². The van der Waals surface area contributed by atoms with Crippen LogP contribution in [0.5, 0.6) is 5.75 Å². The summed E-state index contributed by atoms with van der Waals surface area (Å²) in [4.78, 5) is 81.4. The molecule has 2 saturated heterocycles. The van der Waals surface area contributed by atoms with Crippen LogP contribution in [-0.4, -0.2) is 154 Å². The number of nitrogens with zero attached hydrogens (tertiary/aromatic N) is 10. The minimum Gasteiger partial charge on any atom is -0.494 e. The van der Waals surface area contributed by atoms with Gasteiger partial charge < -0.3 is 39.2 Å². The number of ether oxygens (including phenoxy) is 1. The minimum atomic E-state index is -3.17. The Morgan fingerprint density at radius 1 is 0.915 bits per heavy atom. The Balaban J connectivity index is 0.976. The maximum absolute atomic E-state index is 13.8. The number of hydrogen-bond donors (Lipinski definition) is 3. The number of halogens is 2. The van der Waals surface area contributed by atoms with Crippen LogP contribution < -0.4 is 10.1 Å². The van der Waals surface area contributed by atoms with Gasteiger partial charge >= 0.3 is 11.9 Å². The number of imidazole rings is 2. The molecule has 2 fully saturated rings. The second-order valence-corrected chi connectivity index (χ2v) is 14.2. The van der Waals surface area contributed by atoms with Gasteiger partial charge in [-0.15, -0.1) is 0 Å². The maximum Gasteiger partial charge on any atom is 0.323 e. The predicted molar refractivity (Wildman–Crippen MR) is 202 cm³/mol. The van der Waals surface area contributed by atoms with Crippen LogP contribution in [0.4, 0.5) is 8.78 Å². The van der Waals surface area contributed by atoms with Crippen molar-refractivity contribution in [2.24, 2.45) is 0 Å². The highest BCUT2D eigenvalue weighted by molar-refractivity contribution is 6.07. The first-order valence-electron chi connectivity index (χ1n) is 18.8. The molecule has 4 aromatic rings. The van der Waals surface area contributed by atoms with E-state index < -0.39 is 55.2 Å². The van der Waals surface area contributed by atoms with Gasteiger partial charge in [-0.2, -0.15) is 5.26 Å². The first-order chi connectivity index (χ1) is 28.3. The molecule has 19 nitrogen and oxygen atoms in total. The summed E-state index contributed by atoms with van der Waals surface area (Å²) in [7, 11) is 0. The molecule has 0 saturated carbocycles. The van der Waals surface area contributed by atoms with Gasteiger partial charge in [0.2, 0.25) is 11.8 Å². The fraction of sp³-hybridized carbons (Fsp3) is 0.447. The molecule has 59 heavy (non-hydrogen) atoms. The molecule has 0 bridgehead atoms. The van der Waals surface area contributed by atoms with E-state index >= 15 is 0 Å². The average molecular weight is 820 g/mol. The van der Waals surface area contributed by atoms with Gasteiger partial charge in [0.15, 0.2) is 0 Å². The summed E-state index contributed by atoms with van der Waals surface area (Å²) < 4.78 is 36.6. The van der Waals surface area contributed by atoms with Gasteiger partial charge in [0.1, 0.15) is 36.5 Å². The number of aliphatic carboxylic acids is 2. The standard InChI is InChI=1S/C38H43F2N11O8/c39-38(40)17-26(18-41)51(25-38)33(52)19-45-37(58)28-4-5-42-30-3-2-27(16-29(28)30)59-15-1-8-46-11-13-48(14-12-46)34(53)22-47(20-31-43-6-9-49(31)23-35(54)55)21-32-44-7-10-50(32)24-36(56)57/h2-7,9-10,16,26H,1,8,11-15,17,19-25H2,(H,45,58)(H,54,55)(H,56,57). The predicted octanol–water partition coefficient (Wildman–Crippen LogP) is 0.902. The summed E-state index contributed by atoms with van der Waals surface area (Å²) >= 11 is 0. The zero-order valence-electron chi connectivity index (χ0n) is 32.0. The van der Waals surface area contributed by atoms with Crippen LogP contribution in [0.3, 0.4) is 0 Å². The van der Waals surface area contributed by atoms with Crippen molar-refractivity contribution in [3.8, 4) is 11.8 Å². The quantitative estimate of drug-likeness (QED) is 0.119. The first-order valence-corrected chi connectivity index (χ1v) is 18.8. The van der Waals surface area contributed by atoms with Crippen molar-refractivity contribution in [1.29, 1.82) is 5.26 Å². The average Bonchev–Trinajstić information content (AvgIpc) is 3.92. The van der Waals surface area contributed by atoms with Crippen molar-refractivity contribution in [3.63, 3.8) is 0 Å². The van der Waals surface area contributed by atoms with Gasteiger partial charge in [0.25, 0.3) is 11.8 Å².